The van der Waals surface area contributed by atoms with Crippen molar-refractivity contribution in [2.24, 2.45) is 0 Å². The van der Waals surface area contributed by atoms with Crippen molar-refractivity contribution in [2.75, 3.05) is 0 Å². The van der Waals surface area contributed by atoms with Gasteiger partial charge in [0.25, 0.3) is 0 Å². The first-order chi connectivity index (χ1) is 31.2. The van der Waals surface area contributed by atoms with Gasteiger partial charge in [-0.1, -0.05) is 140 Å². The van der Waals surface area contributed by atoms with Crippen molar-refractivity contribution < 1.29 is 8.83 Å². The number of hydrogen-bond donors (Lipinski definition) is 0. The van der Waals surface area contributed by atoms with E-state index < -0.39 is 0 Å². The number of fused-ring (bicyclic) bond motifs is 9. The number of nitrogens with zero attached hydrogens (tertiary/aromatic N) is 2. The topological polar surface area (TPSA) is 44.1 Å². The molecule has 4 aromatic heterocycles. The molecule has 0 aliphatic rings. The number of benzene rings is 9. The Kier molecular flexibility index (Phi) is 7.87. The van der Waals surface area contributed by atoms with Gasteiger partial charge in [0.2, 0.25) is 0 Å². The molecule has 0 atom stereocenters. The normalized spacial score (nSPS) is 11.8. The van der Waals surface area contributed by atoms with E-state index in [1.807, 2.05) is 18.2 Å². The lowest BCUT2D eigenvalue weighted by molar-refractivity contribution is 0.668. The van der Waals surface area contributed by atoms with E-state index in [0.29, 0.717) is 0 Å². The first kappa shape index (κ1) is 35.3. The van der Waals surface area contributed by atoms with E-state index in [0.717, 1.165) is 94.3 Å². The zero-order valence-electron chi connectivity index (χ0n) is 34.0. The minimum atomic E-state index is 0.845. The van der Waals surface area contributed by atoms with Crippen LogP contribution >= 0.6 is 0 Å². The van der Waals surface area contributed by atoms with E-state index >= 15 is 0 Å². The summed E-state index contributed by atoms with van der Waals surface area (Å²) in [5, 5.41) is 6.79. The quantitative estimate of drug-likeness (QED) is 0.168. The van der Waals surface area contributed by atoms with Crippen LogP contribution in [0.1, 0.15) is 0 Å². The molecular weight excluding hydrogens is 769 g/mol. The Morgan fingerprint density at radius 2 is 0.889 bits per heavy atom. The Morgan fingerprint density at radius 3 is 1.75 bits per heavy atom. The second-order valence-electron chi connectivity index (χ2n) is 16.3. The predicted molar refractivity (Wildman–Crippen MR) is 260 cm³/mol. The van der Waals surface area contributed by atoms with E-state index in [1.54, 1.807) is 0 Å². The highest BCUT2D eigenvalue weighted by molar-refractivity contribution is 6.15. The van der Waals surface area contributed by atoms with Crippen LogP contribution < -0.4 is 0 Å². The SMILES string of the molecule is c1ccc(-c2cccc(-n3c4ccccc4c4cc(-c5ccc6oc7cccc(-c8cc(-c9ccccc9)nc(-c9ccc%10c(c9)oc9ccccc9%10)c8)c7c6c5)ccc43)c2)cc1. The standard InChI is InChI=1S/C59H36N2O2/c1-3-13-37(14-4-1)39-17-11-18-44(31-39)61-53-22-9-7-19-46(53)49-32-40(26-29-54(49)61)41-27-30-56-50(33-41)59-45(21-12-24-57(59)62-56)43-34-51(38-15-5-2-6-16-38)60-52(35-43)42-25-28-48-47-20-8-10-23-55(47)63-58(48)36-42/h1-36H. The number of pyridine rings is 1. The van der Waals surface area contributed by atoms with Crippen molar-refractivity contribution in [1.29, 1.82) is 0 Å². The van der Waals surface area contributed by atoms with Crippen LogP contribution in [-0.2, 0) is 0 Å². The molecule has 13 aromatic rings. The summed E-state index contributed by atoms with van der Waals surface area (Å²) in [7, 11) is 0. The van der Waals surface area contributed by atoms with Gasteiger partial charge in [-0.05, 0) is 112 Å². The van der Waals surface area contributed by atoms with Crippen molar-refractivity contribution in [3.8, 4) is 61.6 Å². The van der Waals surface area contributed by atoms with Crippen molar-refractivity contribution >= 4 is 65.7 Å². The zero-order valence-corrected chi connectivity index (χ0v) is 34.0. The first-order valence-electron chi connectivity index (χ1n) is 21.3. The third-order valence-corrected chi connectivity index (χ3v) is 12.6. The molecule has 13 rings (SSSR count). The molecule has 0 amide bonds. The maximum Gasteiger partial charge on any atom is 0.136 e. The van der Waals surface area contributed by atoms with E-state index in [1.165, 1.54) is 32.9 Å². The monoisotopic (exact) mass is 804 g/mol. The summed E-state index contributed by atoms with van der Waals surface area (Å²) in [5.41, 5.74) is 17.6. The molecule has 9 aromatic carbocycles. The summed E-state index contributed by atoms with van der Waals surface area (Å²) in [6.45, 7) is 0. The predicted octanol–water partition coefficient (Wildman–Crippen LogP) is 16.3. The van der Waals surface area contributed by atoms with Crippen LogP contribution in [0.4, 0.5) is 0 Å². The fraction of sp³-hybridized carbons (Fsp3) is 0. The summed E-state index contributed by atoms with van der Waals surface area (Å²) >= 11 is 0. The van der Waals surface area contributed by atoms with Gasteiger partial charge in [-0.2, -0.15) is 0 Å². The van der Waals surface area contributed by atoms with Gasteiger partial charge in [-0.25, -0.2) is 4.98 Å². The largest absolute Gasteiger partial charge is 0.456 e. The molecule has 63 heavy (non-hydrogen) atoms. The molecule has 0 aliphatic carbocycles. The zero-order chi connectivity index (χ0) is 41.4. The fourth-order valence-corrected chi connectivity index (χ4v) is 9.61. The number of furan rings is 2. The van der Waals surface area contributed by atoms with Gasteiger partial charge < -0.3 is 13.4 Å². The van der Waals surface area contributed by atoms with Gasteiger partial charge >= 0.3 is 0 Å². The molecular formula is C59H36N2O2. The average Bonchev–Trinajstić information content (AvgIpc) is 4.03. The van der Waals surface area contributed by atoms with Gasteiger partial charge in [0.1, 0.15) is 22.3 Å². The molecule has 4 nitrogen and oxygen atoms in total. The Morgan fingerprint density at radius 1 is 0.302 bits per heavy atom. The molecule has 0 radical (unpaired) electrons. The Labute approximate surface area is 362 Å². The molecule has 0 saturated heterocycles. The Bertz CT molecular complexity index is 3910. The average molecular weight is 805 g/mol. The molecule has 0 saturated carbocycles. The summed E-state index contributed by atoms with van der Waals surface area (Å²) in [5.74, 6) is 0. The van der Waals surface area contributed by atoms with Crippen molar-refractivity contribution in [1.82, 2.24) is 9.55 Å². The van der Waals surface area contributed by atoms with Gasteiger partial charge in [-0.15, -0.1) is 0 Å². The van der Waals surface area contributed by atoms with Crippen LogP contribution in [-0.4, -0.2) is 9.55 Å². The number of hydrogen-bond acceptors (Lipinski definition) is 3. The number of aromatic nitrogens is 2. The van der Waals surface area contributed by atoms with Gasteiger partial charge in [0.05, 0.1) is 22.4 Å². The number of rotatable bonds is 6. The molecule has 0 fully saturated rings. The minimum absolute atomic E-state index is 0.845. The van der Waals surface area contributed by atoms with Crippen molar-refractivity contribution in [3.05, 3.63) is 218 Å². The van der Waals surface area contributed by atoms with Gasteiger partial charge in [-0.3, -0.25) is 0 Å². The van der Waals surface area contributed by atoms with E-state index in [2.05, 4.69) is 205 Å². The lowest BCUT2D eigenvalue weighted by Gasteiger charge is -2.12. The molecule has 0 bridgehead atoms. The first-order valence-corrected chi connectivity index (χ1v) is 21.3. The number of para-hydroxylation sites is 2. The Balaban J connectivity index is 0.958. The molecule has 0 aliphatic heterocycles. The lowest BCUT2D eigenvalue weighted by Crippen LogP contribution is -1.94. The van der Waals surface area contributed by atoms with Crippen LogP contribution in [0.5, 0.6) is 0 Å². The van der Waals surface area contributed by atoms with Gasteiger partial charge in [0, 0.05) is 49.1 Å². The van der Waals surface area contributed by atoms with Crippen LogP contribution in [0.3, 0.4) is 0 Å². The highest BCUT2D eigenvalue weighted by Gasteiger charge is 2.19. The minimum Gasteiger partial charge on any atom is -0.456 e. The summed E-state index contributed by atoms with van der Waals surface area (Å²) < 4.78 is 15.3. The third kappa shape index (κ3) is 5.80. The maximum absolute atomic E-state index is 6.60. The molecule has 4 heterocycles. The summed E-state index contributed by atoms with van der Waals surface area (Å²) in [4.78, 5) is 5.26. The van der Waals surface area contributed by atoms with Gasteiger partial charge in [0.15, 0.2) is 0 Å². The summed E-state index contributed by atoms with van der Waals surface area (Å²) in [6.07, 6.45) is 0. The molecule has 0 N–H and O–H groups in total. The summed E-state index contributed by atoms with van der Waals surface area (Å²) in [6, 6.07) is 77.4. The maximum atomic E-state index is 6.60. The van der Waals surface area contributed by atoms with Crippen LogP contribution in [0.25, 0.3) is 127 Å². The van der Waals surface area contributed by atoms with Crippen molar-refractivity contribution in [2.45, 2.75) is 0 Å². The highest BCUT2D eigenvalue weighted by atomic mass is 16.3. The molecule has 294 valence electrons. The second kappa shape index (κ2) is 14.1. The van der Waals surface area contributed by atoms with Crippen molar-refractivity contribution in [3.63, 3.8) is 0 Å². The van der Waals surface area contributed by atoms with Crippen LogP contribution in [0.15, 0.2) is 227 Å². The Hall–Kier alpha value is -8.47. The van der Waals surface area contributed by atoms with E-state index in [-0.39, 0.29) is 0 Å². The smallest absolute Gasteiger partial charge is 0.136 e. The molecule has 0 spiro atoms. The highest BCUT2D eigenvalue weighted by Crippen LogP contribution is 2.42. The second-order valence-corrected chi connectivity index (χ2v) is 16.3. The molecule has 4 heteroatoms. The molecule has 0 unspecified atom stereocenters. The lowest BCUT2D eigenvalue weighted by atomic mass is 9.95. The van der Waals surface area contributed by atoms with E-state index in [4.69, 9.17) is 13.8 Å². The van der Waals surface area contributed by atoms with E-state index in [9.17, 15) is 0 Å². The van der Waals surface area contributed by atoms with Crippen LogP contribution in [0, 0.1) is 0 Å². The fourth-order valence-electron chi connectivity index (χ4n) is 9.61. The van der Waals surface area contributed by atoms with Crippen LogP contribution in [0.2, 0.25) is 0 Å². The third-order valence-electron chi connectivity index (χ3n) is 12.6.